The van der Waals surface area contributed by atoms with Crippen LogP contribution < -0.4 is 0 Å². The fourth-order valence-electron chi connectivity index (χ4n) is 6.60. The predicted molar refractivity (Wildman–Crippen MR) is 91.6 cm³/mol. The van der Waals surface area contributed by atoms with Gasteiger partial charge in [-0.05, 0) is 75.0 Å². The summed E-state index contributed by atoms with van der Waals surface area (Å²) in [6.07, 6.45) is 11.4. The van der Waals surface area contributed by atoms with Gasteiger partial charge in [0, 0.05) is 0 Å². The molecule has 0 spiro atoms. The topological polar surface area (TPSA) is 83.5 Å². The third-order valence-corrected chi connectivity index (χ3v) is 7.97. The van der Waals surface area contributed by atoms with Crippen molar-refractivity contribution in [3.63, 3.8) is 0 Å². The van der Waals surface area contributed by atoms with Gasteiger partial charge >= 0.3 is 5.97 Å². The molecule has 5 rings (SSSR count). The first-order valence-corrected chi connectivity index (χ1v) is 11.6. The summed E-state index contributed by atoms with van der Waals surface area (Å²) in [5.41, 5.74) is -0.370. The summed E-state index contributed by atoms with van der Waals surface area (Å²) in [4.78, 5) is 13.0. The Hall–Kier alpha value is -0.620. The van der Waals surface area contributed by atoms with Crippen LogP contribution in [0, 0.1) is 29.6 Å². The van der Waals surface area contributed by atoms with Crippen LogP contribution in [0.3, 0.4) is 0 Å². The molecule has 0 aromatic heterocycles. The molecule has 0 aliphatic heterocycles. The van der Waals surface area contributed by atoms with E-state index in [1.54, 1.807) is 0 Å². The number of carbonyl (C=O) groups excluding carboxylic acids is 1. The minimum atomic E-state index is -4.43. The lowest BCUT2D eigenvalue weighted by molar-refractivity contribution is -0.192. The van der Waals surface area contributed by atoms with Crippen molar-refractivity contribution in [1.82, 2.24) is 0 Å². The molecule has 5 saturated carbocycles. The normalized spacial score (nSPS) is 39.3. The molecule has 0 heterocycles. The smallest absolute Gasteiger partial charge is 0.310 e. The van der Waals surface area contributed by atoms with Crippen LogP contribution in [0.1, 0.15) is 70.6 Å². The molecule has 1 atom stereocenters. The second kappa shape index (κ2) is 6.52. The zero-order chi connectivity index (χ0) is 17.7. The van der Waals surface area contributed by atoms with Gasteiger partial charge in [-0.25, -0.2) is 8.42 Å². The Morgan fingerprint density at radius 1 is 1.00 bits per heavy atom. The largest absolute Gasteiger partial charge is 0.748 e. The Balaban J connectivity index is 1.50. The highest BCUT2D eigenvalue weighted by atomic mass is 32.2. The van der Waals surface area contributed by atoms with Crippen LogP contribution in [-0.4, -0.2) is 30.3 Å². The Morgan fingerprint density at radius 3 is 2.00 bits per heavy atom. The van der Waals surface area contributed by atoms with Gasteiger partial charge in [0.05, 0.1) is 21.8 Å². The molecular formula is C19H29O5S-. The van der Waals surface area contributed by atoms with E-state index in [1.165, 1.54) is 19.3 Å². The molecular weight excluding hydrogens is 340 g/mol. The number of carbonyl (C=O) groups is 1. The van der Waals surface area contributed by atoms with Crippen LogP contribution >= 0.6 is 0 Å². The van der Waals surface area contributed by atoms with E-state index >= 15 is 0 Å². The first-order valence-electron chi connectivity index (χ1n) is 9.98. The van der Waals surface area contributed by atoms with E-state index in [0.29, 0.717) is 17.8 Å². The molecule has 5 nitrogen and oxygen atoms in total. The van der Waals surface area contributed by atoms with E-state index in [1.807, 2.05) is 0 Å². The van der Waals surface area contributed by atoms with Gasteiger partial charge in [0.2, 0.25) is 0 Å². The van der Waals surface area contributed by atoms with Gasteiger partial charge in [-0.15, -0.1) is 0 Å². The molecule has 0 saturated heterocycles. The van der Waals surface area contributed by atoms with Crippen LogP contribution in [0.4, 0.5) is 0 Å². The monoisotopic (exact) mass is 369 g/mol. The second-order valence-corrected chi connectivity index (χ2v) is 10.7. The number of ether oxygens (including phenoxy) is 1. The van der Waals surface area contributed by atoms with Crippen LogP contribution in [-0.2, 0) is 19.6 Å². The van der Waals surface area contributed by atoms with Crippen molar-refractivity contribution in [2.75, 3.05) is 5.75 Å². The summed E-state index contributed by atoms with van der Waals surface area (Å²) in [6, 6.07) is 0. The van der Waals surface area contributed by atoms with Gasteiger partial charge in [-0.2, -0.15) is 0 Å². The minimum absolute atomic E-state index is 0.0149. The minimum Gasteiger partial charge on any atom is -0.748 e. The van der Waals surface area contributed by atoms with Gasteiger partial charge in [0.25, 0.3) is 0 Å². The lowest BCUT2D eigenvalue weighted by Gasteiger charge is -2.56. The van der Waals surface area contributed by atoms with Gasteiger partial charge in [-0.3, -0.25) is 4.79 Å². The molecule has 0 amide bonds. The molecule has 0 aromatic carbocycles. The van der Waals surface area contributed by atoms with Crippen LogP contribution in [0.15, 0.2) is 0 Å². The summed E-state index contributed by atoms with van der Waals surface area (Å²) in [5, 5.41) is 0. The fourth-order valence-corrected chi connectivity index (χ4v) is 7.45. The van der Waals surface area contributed by atoms with Crippen molar-refractivity contribution in [3.8, 4) is 0 Å². The highest BCUT2D eigenvalue weighted by molar-refractivity contribution is 7.85. The molecule has 5 fully saturated rings. The predicted octanol–water partition coefficient (Wildman–Crippen LogP) is 3.24. The van der Waals surface area contributed by atoms with Crippen LogP contribution in [0.25, 0.3) is 0 Å². The number of esters is 1. The third-order valence-electron chi connectivity index (χ3n) is 7.20. The van der Waals surface area contributed by atoms with Crippen molar-refractivity contribution in [2.45, 2.75) is 76.2 Å². The van der Waals surface area contributed by atoms with Gasteiger partial charge in [0.1, 0.15) is 5.60 Å². The molecule has 5 aliphatic carbocycles. The van der Waals surface area contributed by atoms with Crippen molar-refractivity contribution < 1.29 is 22.5 Å². The highest BCUT2D eigenvalue weighted by Gasteiger charge is 2.53. The zero-order valence-electron chi connectivity index (χ0n) is 14.8. The van der Waals surface area contributed by atoms with Gasteiger partial charge < -0.3 is 9.29 Å². The Bertz CT molecular complexity index is 584. The maximum Gasteiger partial charge on any atom is 0.310 e. The maximum atomic E-state index is 13.0. The van der Waals surface area contributed by atoms with E-state index < -0.39 is 27.8 Å². The molecule has 142 valence electrons. The Morgan fingerprint density at radius 2 is 1.52 bits per heavy atom. The molecule has 6 heteroatoms. The van der Waals surface area contributed by atoms with Crippen molar-refractivity contribution >= 4 is 16.1 Å². The molecule has 5 aliphatic rings. The van der Waals surface area contributed by atoms with E-state index in [-0.39, 0.29) is 11.5 Å². The first-order chi connectivity index (χ1) is 11.8. The lowest BCUT2D eigenvalue weighted by Crippen LogP contribution is -2.53. The van der Waals surface area contributed by atoms with Crippen LogP contribution in [0.2, 0.25) is 0 Å². The average Bonchev–Trinajstić information content (AvgIpc) is 2.51. The average molecular weight is 370 g/mol. The third kappa shape index (κ3) is 3.90. The lowest BCUT2D eigenvalue weighted by atomic mass is 9.54. The maximum absolute atomic E-state index is 13.0. The van der Waals surface area contributed by atoms with Gasteiger partial charge in [0.15, 0.2) is 0 Å². The van der Waals surface area contributed by atoms with E-state index in [4.69, 9.17) is 4.74 Å². The number of hydrogen-bond donors (Lipinski definition) is 0. The SMILES string of the molecule is O=C(OC12CC3CC(CC(C3)C1)C2)C(CS(=O)(=O)[O-])C1CCCCC1. The van der Waals surface area contributed by atoms with Crippen molar-refractivity contribution in [2.24, 2.45) is 29.6 Å². The van der Waals surface area contributed by atoms with E-state index in [2.05, 4.69) is 0 Å². The second-order valence-electron chi connectivity index (χ2n) is 9.25. The molecule has 0 radical (unpaired) electrons. The molecule has 1 unspecified atom stereocenters. The summed E-state index contributed by atoms with van der Waals surface area (Å²) >= 11 is 0. The number of hydrogen-bond acceptors (Lipinski definition) is 5. The van der Waals surface area contributed by atoms with Gasteiger partial charge in [-0.1, -0.05) is 19.3 Å². The highest BCUT2D eigenvalue weighted by Crippen LogP contribution is 2.57. The van der Waals surface area contributed by atoms with Crippen LogP contribution in [0.5, 0.6) is 0 Å². The summed E-state index contributed by atoms with van der Waals surface area (Å²) < 4.78 is 40.2. The Labute approximate surface area is 150 Å². The standard InChI is InChI=1S/C19H30O5S/c20-18(17(12-25(21,22)23)16-4-2-1-3-5-16)24-19-9-13-6-14(10-19)8-15(7-13)11-19/h13-17H,1-12H2,(H,21,22,23)/p-1. The van der Waals surface area contributed by atoms with E-state index in [0.717, 1.165) is 51.4 Å². The molecule has 0 N–H and O–H groups in total. The quantitative estimate of drug-likeness (QED) is 0.549. The zero-order valence-corrected chi connectivity index (χ0v) is 15.6. The summed E-state index contributed by atoms with van der Waals surface area (Å²) in [5.74, 6) is 0.201. The van der Waals surface area contributed by atoms with Crippen molar-refractivity contribution in [1.29, 1.82) is 0 Å². The number of rotatable bonds is 5. The molecule has 0 aromatic rings. The first kappa shape index (κ1) is 17.8. The molecule has 25 heavy (non-hydrogen) atoms. The summed E-state index contributed by atoms with van der Waals surface area (Å²) in [7, 11) is -4.43. The molecule has 4 bridgehead atoms. The fraction of sp³-hybridized carbons (Fsp3) is 0.947. The summed E-state index contributed by atoms with van der Waals surface area (Å²) in [6.45, 7) is 0. The van der Waals surface area contributed by atoms with Crippen molar-refractivity contribution in [3.05, 3.63) is 0 Å². The van der Waals surface area contributed by atoms with E-state index in [9.17, 15) is 17.8 Å². The Kier molecular flexibility index (Phi) is 4.64.